The van der Waals surface area contributed by atoms with E-state index in [2.05, 4.69) is 6.07 Å². The molecule has 1 N–H and O–H groups in total. The van der Waals surface area contributed by atoms with Crippen molar-refractivity contribution >= 4 is 11.6 Å². The molecule has 0 aliphatic heterocycles. The molecular formula is C11H13ClO. The maximum atomic E-state index is 9.05. The van der Waals surface area contributed by atoms with E-state index in [1.165, 1.54) is 11.1 Å². The third kappa shape index (κ3) is 1.87. The zero-order chi connectivity index (χ0) is 9.26. The van der Waals surface area contributed by atoms with E-state index in [0.717, 1.165) is 24.3 Å². The average Bonchev–Trinajstić information content (AvgIpc) is 2.17. The van der Waals surface area contributed by atoms with Crippen molar-refractivity contribution in [2.24, 2.45) is 5.92 Å². The van der Waals surface area contributed by atoms with Crippen LogP contribution in [0.1, 0.15) is 17.5 Å². The van der Waals surface area contributed by atoms with Crippen molar-refractivity contribution in [1.29, 1.82) is 0 Å². The maximum Gasteiger partial charge on any atom is 0.0462 e. The molecule has 13 heavy (non-hydrogen) atoms. The van der Waals surface area contributed by atoms with E-state index in [0.29, 0.717) is 12.5 Å². The minimum Gasteiger partial charge on any atom is -0.396 e. The molecule has 0 spiro atoms. The first-order valence-electron chi connectivity index (χ1n) is 4.68. The molecule has 1 atom stereocenters. The summed E-state index contributed by atoms with van der Waals surface area (Å²) in [6.45, 7) is 0.308. The Morgan fingerprint density at radius 2 is 2.23 bits per heavy atom. The van der Waals surface area contributed by atoms with Crippen LogP contribution in [-0.2, 0) is 12.8 Å². The molecule has 1 unspecified atom stereocenters. The van der Waals surface area contributed by atoms with Crippen LogP contribution < -0.4 is 0 Å². The quantitative estimate of drug-likeness (QED) is 0.732. The van der Waals surface area contributed by atoms with Gasteiger partial charge in [-0.15, -0.1) is 0 Å². The number of aryl methyl sites for hydroxylation is 1. The van der Waals surface area contributed by atoms with E-state index in [4.69, 9.17) is 16.7 Å². The predicted octanol–water partition coefficient (Wildman–Crippen LogP) is 2.44. The Morgan fingerprint density at radius 3 is 3.00 bits per heavy atom. The van der Waals surface area contributed by atoms with Gasteiger partial charge in [0.15, 0.2) is 0 Å². The molecule has 0 heterocycles. The normalized spacial score (nSPS) is 21.2. The largest absolute Gasteiger partial charge is 0.396 e. The molecule has 0 saturated carbocycles. The van der Waals surface area contributed by atoms with Gasteiger partial charge in [-0.2, -0.15) is 0 Å². The Kier molecular flexibility index (Phi) is 2.56. The molecule has 0 saturated heterocycles. The number of aliphatic hydroxyl groups is 1. The minimum absolute atomic E-state index is 0.308. The van der Waals surface area contributed by atoms with Crippen LogP contribution in [0.4, 0.5) is 0 Å². The van der Waals surface area contributed by atoms with E-state index >= 15 is 0 Å². The summed E-state index contributed by atoms with van der Waals surface area (Å²) in [4.78, 5) is 0. The van der Waals surface area contributed by atoms with Crippen LogP contribution in [0.3, 0.4) is 0 Å². The second-order valence-electron chi connectivity index (χ2n) is 3.70. The van der Waals surface area contributed by atoms with Crippen molar-refractivity contribution in [1.82, 2.24) is 0 Å². The molecule has 2 heteroatoms. The zero-order valence-corrected chi connectivity index (χ0v) is 8.22. The van der Waals surface area contributed by atoms with Crippen LogP contribution in [0.25, 0.3) is 0 Å². The van der Waals surface area contributed by atoms with E-state index in [-0.39, 0.29) is 0 Å². The number of benzene rings is 1. The van der Waals surface area contributed by atoms with Gasteiger partial charge >= 0.3 is 0 Å². The Hall–Kier alpha value is -0.530. The SMILES string of the molecule is OCC1CCc2cc(Cl)ccc2C1. The summed E-state index contributed by atoms with van der Waals surface area (Å²) in [5.74, 6) is 0.452. The lowest BCUT2D eigenvalue weighted by Crippen LogP contribution is -2.17. The van der Waals surface area contributed by atoms with Gasteiger partial charge in [-0.25, -0.2) is 0 Å². The molecule has 0 amide bonds. The first kappa shape index (κ1) is 9.04. The molecule has 1 aromatic rings. The number of rotatable bonds is 1. The first-order valence-corrected chi connectivity index (χ1v) is 5.05. The molecule has 1 aliphatic carbocycles. The van der Waals surface area contributed by atoms with Crippen LogP contribution in [-0.4, -0.2) is 11.7 Å². The van der Waals surface area contributed by atoms with Crippen molar-refractivity contribution < 1.29 is 5.11 Å². The highest BCUT2D eigenvalue weighted by molar-refractivity contribution is 6.30. The van der Waals surface area contributed by atoms with Crippen LogP contribution in [0.2, 0.25) is 5.02 Å². The number of hydrogen-bond donors (Lipinski definition) is 1. The standard InChI is InChI=1S/C11H13ClO/c12-11-4-3-9-5-8(7-13)1-2-10(9)6-11/h3-4,6,8,13H,1-2,5,7H2. The Bertz CT molecular complexity index is 309. The predicted molar refractivity (Wildman–Crippen MR) is 54.1 cm³/mol. The fourth-order valence-corrected chi connectivity index (χ4v) is 2.15. The highest BCUT2D eigenvalue weighted by atomic mass is 35.5. The van der Waals surface area contributed by atoms with Crippen LogP contribution >= 0.6 is 11.6 Å². The molecule has 70 valence electrons. The zero-order valence-electron chi connectivity index (χ0n) is 7.46. The summed E-state index contributed by atoms with van der Waals surface area (Å²) < 4.78 is 0. The molecule has 1 nitrogen and oxygen atoms in total. The van der Waals surface area contributed by atoms with Gasteiger partial charge in [0.1, 0.15) is 0 Å². The van der Waals surface area contributed by atoms with Crippen molar-refractivity contribution in [3.8, 4) is 0 Å². The fraction of sp³-hybridized carbons (Fsp3) is 0.455. The fourth-order valence-electron chi connectivity index (χ4n) is 1.95. The molecule has 0 radical (unpaired) electrons. The Balaban J connectivity index is 2.26. The molecular weight excluding hydrogens is 184 g/mol. The summed E-state index contributed by atoms with van der Waals surface area (Å²) in [5.41, 5.74) is 2.71. The van der Waals surface area contributed by atoms with E-state index < -0.39 is 0 Å². The Labute approximate surface area is 83.3 Å². The van der Waals surface area contributed by atoms with Crippen LogP contribution in [0.5, 0.6) is 0 Å². The van der Waals surface area contributed by atoms with Crippen molar-refractivity contribution in [3.63, 3.8) is 0 Å². The third-order valence-corrected chi connectivity index (χ3v) is 2.99. The van der Waals surface area contributed by atoms with Gasteiger partial charge < -0.3 is 5.11 Å². The van der Waals surface area contributed by atoms with Gasteiger partial charge in [0.2, 0.25) is 0 Å². The van der Waals surface area contributed by atoms with E-state index in [1.54, 1.807) is 0 Å². The number of halogens is 1. The number of aliphatic hydroxyl groups excluding tert-OH is 1. The molecule has 0 aromatic heterocycles. The first-order chi connectivity index (χ1) is 6.29. The van der Waals surface area contributed by atoms with Gasteiger partial charge in [0.25, 0.3) is 0 Å². The second-order valence-corrected chi connectivity index (χ2v) is 4.14. The monoisotopic (exact) mass is 196 g/mol. The van der Waals surface area contributed by atoms with E-state index in [1.807, 2.05) is 12.1 Å². The molecule has 0 fully saturated rings. The summed E-state index contributed by atoms with van der Waals surface area (Å²) in [6.07, 6.45) is 3.15. The van der Waals surface area contributed by atoms with Gasteiger partial charge in [0.05, 0.1) is 0 Å². The third-order valence-electron chi connectivity index (χ3n) is 2.76. The lowest BCUT2D eigenvalue weighted by Gasteiger charge is -2.22. The average molecular weight is 197 g/mol. The number of fused-ring (bicyclic) bond motifs is 1. The van der Waals surface area contributed by atoms with Crippen molar-refractivity contribution in [3.05, 3.63) is 34.3 Å². The topological polar surface area (TPSA) is 20.2 Å². The highest BCUT2D eigenvalue weighted by Crippen LogP contribution is 2.27. The van der Waals surface area contributed by atoms with Gasteiger partial charge in [0, 0.05) is 11.6 Å². The van der Waals surface area contributed by atoms with Gasteiger partial charge in [-0.3, -0.25) is 0 Å². The maximum absolute atomic E-state index is 9.05. The summed E-state index contributed by atoms with van der Waals surface area (Å²) in [7, 11) is 0. The van der Waals surface area contributed by atoms with Gasteiger partial charge in [-0.1, -0.05) is 17.7 Å². The molecule has 1 aliphatic rings. The summed E-state index contributed by atoms with van der Waals surface area (Å²) >= 11 is 5.90. The second kappa shape index (κ2) is 3.69. The van der Waals surface area contributed by atoms with Crippen molar-refractivity contribution in [2.75, 3.05) is 6.61 Å². The summed E-state index contributed by atoms with van der Waals surface area (Å²) in [6, 6.07) is 6.06. The van der Waals surface area contributed by atoms with Crippen molar-refractivity contribution in [2.45, 2.75) is 19.3 Å². The lowest BCUT2D eigenvalue weighted by molar-refractivity contribution is 0.213. The number of hydrogen-bond acceptors (Lipinski definition) is 1. The van der Waals surface area contributed by atoms with Crippen LogP contribution in [0, 0.1) is 5.92 Å². The smallest absolute Gasteiger partial charge is 0.0462 e. The Morgan fingerprint density at radius 1 is 1.38 bits per heavy atom. The molecule has 0 bridgehead atoms. The van der Waals surface area contributed by atoms with Gasteiger partial charge in [-0.05, 0) is 48.4 Å². The van der Waals surface area contributed by atoms with E-state index in [9.17, 15) is 0 Å². The highest BCUT2D eigenvalue weighted by Gasteiger charge is 2.17. The minimum atomic E-state index is 0.308. The molecule has 1 aromatic carbocycles. The van der Waals surface area contributed by atoms with Crippen LogP contribution in [0.15, 0.2) is 18.2 Å². The lowest BCUT2D eigenvalue weighted by atomic mass is 9.84. The molecule has 2 rings (SSSR count). The summed E-state index contributed by atoms with van der Waals surface area (Å²) in [5, 5.41) is 9.87.